The van der Waals surface area contributed by atoms with Gasteiger partial charge >= 0.3 is 6.09 Å². The summed E-state index contributed by atoms with van der Waals surface area (Å²) >= 11 is 0. The number of rotatable bonds is 6. The molecule has 1 aliphatic rings. The molecule has 0 heterocycles. The molecule has 0 radical (unpaired) electrons. The molecule has 3 N–H and O–H groups in total. The van der Waals surface area contributed by atoms with Crippen molar-refractivity contribution in [2.24, 2.45) is 11.7 Å². The highest BCUT2D eigenvalue weighted by Crippen LogP contribution is 2.27. The summed E-state index contributed by atoms with van der Waals surface area (Å²) in [5.74, 6) is 0.716. The normalized spacial score (nSPS) is 18.5. The van der Waals surface area contributed by atoms with Gasteiger partial charge in [0.15, 0.2) is 0 Å². The molecule has 2 unspecified atom stereocenters. The first kappa shape index (κ1) is 16.8. The lowest BCUT2D eigenvalue weighted by molar-refractivity contribution is 0.134. The van der Waals surface area contributed by atoms with E-state index < -0.39 is 6.09 Å². The Morgan fingerprint density at radius 2 is 1.95 bits per heavy atom. The maximum Gasteiger partial charge on any atom is 0.407 e. The van der Waals surface area contributed by atoms with E-state index in [-0.39, 0.29) is 18.7 Å². The van der Waals surface area contributed by atoms with Gasteiger partial charge in [0.25, 0.3) is 0 Å². The fourth-order valence-corrected chi connectivity index (χ4v) is 3.07. The standard InChI is InChI=1S/C18H28N2O2/c1-14(17(19)12-15-8-4-2-5-9-15)20-18(21)22-13-16-10-6-3-7-11-16/h3,6-7,10-11,14-15,17H,2,4-5,8-9,12-13,19H2,1H3,(H,20,21). The van der Waals surface area contributed by atoms with Crippen molar-refractivity contribution in [1.82, 2.24) is 5.32 Å². The molecule has 2 atom stereocenters. The number of nitrogens with two attached hydrogens (primary N) is 1. The van der Waals surface area contributed by atoms with Crippen LogP contribution in [-0.2, 0) is 11.3 Å². The van der Waals surface area contributed by atoms with Crippen LogP contribution >= 0.6 is 0 Å². The fourth-order valence-electron chi connectivity index (χ4n) is 3.07. The fraction of sp³-hybridized carbons (Fsp3) is 0.611. The van der Waals surface area contributed by atoms with E-state index in [2.05, 4.69) is 5.32 Å². The third-order valence-corrected chi connectivity index (χ3v) is 4.53. The minimum Gasteiger partial charge on any atom is -0.445 e. The van der Waals surface area contributed by atoms with Crippen molar-refractivity contribution in [3.63, 3.8) is 0 Å². The van der Waals surface area contributed by atoms with Crippen molar-refractivity contribution in [3.8, 4) is 0 Å². The smallest absolute Gasteiger partial charge is 0.407 e. The van der Waals surface area contributed by atoms with Crippen molar-refractivity contribution >= 4 is 6.09 Å². The summed E-state index contributed by atoms with van der Waals surface area (Å²) in [6.45, 7) is 2.24. The van der Waals surface area contributed by atoms with E-state index in [1.165, 1.54) is 32.1 Å². The van der Waals surface area contributed by atoms with Crippen LogP contribution in [-0.4, -0.2) is 18.2 Å². The highest BCUT2D eigenvalue weighted by molar-refractivity contribution is 5.67. The van der Waals surface area contributed by atoms with Crippen LogP contribution in [0.25, 0.3) is 0 Å². The molecule has 122 valence electrons. The van der Waals surface area contributed by atoms with Gasteiger partial charge in [0, 0.05) is 12.1 Å². The Hall–Kier alpha value is -1.55. The number of nitrogens with one attached hydrogen (secondary N) is 1. The van der Waals surface area contributed by atoms with E-state index >= 15 is 0 Å². The van der Waals surface area contributed by atoms with Gasteiger partial charge in [-0.3, -0.25) is 0 Å². The second kappa shape index (κ2) is 8.79. The van der Waals surface area contributed by atoms with E-state index in [4.69, 9.17) is 10.5 Å². The molecular weight excluding hydrogens is 276 g/mol. The Morgan fingerprint density at radius 1 is 1.27 bits per heavy atom. The first-order chi connectivity index (χ1) is 10.6. The molecule has 0 saturated heterocycles. The number of amides is 1. The summed E-state index contributed by atoms with van der Waals surface area (Å²) in [6.07, 6.45) is 7.13. The molecule has 1 aliphatic carbocycles. The van der Waals surface area contributed by atoms with Crippen LogP contribution in [0.5, 0.6) is 0 Å². The summed E-state index contributed by atoms with van der Waals surface area (Å²) in [7, 11) is 0. The predicted molar refractivity (Wildman–Crippen MR) is 88.4 cm³/mol. The second-order valence-electron chi connectivity index (χ2n) is 6.40. The zero-order valence-electron chi connectivity index (χ0n) is 13.5. The minimum atomic E-state index is -0.393. The quantitative estimate of drug-likeness (QED) is 0.844. The van der Waals surface area contributed by atoms with Crippen LogP contribution < -0.4 is 11.1 Å². The predicted octanol–water partition coefficient (Wildman–Crippen LogP) is 3.60. The molecule has 1 fully saturated rings. The Morgan fingerprint density at radius 3 is 2.64 bits per heavy atom. The van der Waals surface area contributed by atoms with E-state index in [1.807, 2.05) is 37.3 Å². The van der Waals surface area contributed by atoms with Gasteiger partial charge in [0.1, 0.15) is 6.61 Å². The number of ether oxygens (including phenoxy) is 1. The lowest BCUT2D eigenvalue weighted by Crippen LogP contribution is -2.46. The van der Waals surface area contributed by atoms with Gasteiger partial charge < -0.3 is 15.8 Å². The van der Waals surface area contributed by atoms with E-state index in [9.17, 15) is 4.79 Å². The Balaban J connectivity index is 1.68. The average molecular weight is 304 g/mol. The molecule has 1 aromatic carbocycles. The third kappa shape index (κ3) is 5.68. The summed E-state index contributed by atoms with van der Waals surface area (Å²) in [4.78, 5) is 11.8. The van der Waals surface area contributed by atoms with Gasteiger partial charge in [-0.05, 0) is 24.8 Å². The first-order valence-electron chi connectivity index (χ1n) is 8.38. The molecule has 1 saturated carbocycles. The average Bonchev–Trinajstić information content (AvgIpc) is 2.55. The van der Waals surface area contributed by atoms with Gasteiger partial charge in [-0.15, -0.1) is 0 Å². The monoisotopic (exact) mass is 304 g/mol. The number of benzene rings is 1. The molecule has 1 amide bonds. The van der Waals surface area contributed by atoms with Gasteiger partial charge in [-0.1, -0.05) is 62.4 Å². The molecule has 2 rings (SSSR count). The maximum absolute atomic E-state index is 11.8. The SMILES string of the molecule is CC(NC(=O)OCc1ccccc1)C(N)CC1CCCCC1. The summed E-state index contributed by atoms with van der Waals surface area (Å²) in [5.41, 5.74) is 7.22. The Bertz CT molecular complexity index is 444. The van der Waals surface area contributed by atoms with E-state index in [0.29, 0.717) is 5.92 Å². The lowest BCUT2D eigenvalue weighted by Gasteiger charge is -2.28. The highest BCUT2D eigenvalue weighted by Gasteiger charge is 2.21. The highest BCUT2D eigenvalue weighted by atomic mass is 16.5. The maximum atomic E-state index is 11.8. The number of hydrogen-bond acceptors (Lipinski definition) is 3. The van der Waals surface area contributed by atoms with Crippen LogP contribution in [0.3, 0.4) is 0 Å². The Kier molecular flexibility index (Phi) is 6.72. The van der Waals surface area contributed by atoms with E-state index in [0.717, 1.165) is 12.0 Å². The molecular formula is C18H28N2O2. The summed E-state index contributed by atoms with van der Waals surface area (Å²) in [5, 5.41) is 2.85. The molecule has 4 heteroatoms. The van der Waals surface area contributed by atoms with Crippen LogP contribution in [0.2, 0.25) is 0 Å². The second-order valence-corrected chi connectivity index (χ2v) is 6.40. The number of hydrogen-bond donors (Lipinski definition) is 2. The number of carbonyl (C=O) groups excluding carboxylic acids is 1. The van der Waals surface area contributed by atoms with Gasteiger partial charge in [0.05, 0.1) is 0 Å². The van der Waals surface area contributed by atoms with Gasteiger partial charge in [-0.2, -0.15) is 0 Å². The number of carbonyl (C=O) groups is 1. The van der Waals surface area contributed by atoms with Gasteiger partial charge in [0.2, 0.25) is 0 Å². The Labute approximate surface area is 133 Å². The van der Waals surface area contributed by atoms with Crippen molar-refractivity contribution in [1.29, 1.82) is 0 Å². The molecule has 0 aliphatic heterocycles. The van der Waals surface area contributed by atoms with Crippen LogP contribution in [0.1, 0.15) is 51.0 Å². The third-order valence-electron chi connectivity index (χ3n) is 4.53. The molecule has 0 spiro atoms. The van der Waals surface area contributed by atoms with Crippen LogP contribution in [0.4, 0.5) is 4.79 Å². The zero-order chi connectivity index (χ0) is 15.8. The lowest BCUT2D eigenvalue weighted by atomic mass is 9.84. The molecule has 1 aromatic rings. The van der Waals surface area contributed by atoms with Crippen molar-refractivity contribution in [2.45, 2.75) is 64.1 Å². The van der Waals surface area contributed by atoms with Crippen LogP contribution in [0.15, 0.2) is 30.3 Å². The van der Waals surface area contributed by atoms with E-state index in [1.54, 1.807) is 0 Å². The van der Waals surface area contributed by atoms with Gasteiger partial charge in [-0.25, -0.2) is 4.79 Å². The van der Waals surface area contributed by atoms with Crippen molar-refractivity contribution < 1.29 is 9.53 Å². The van der Waals surface area contributed by atoms with Crippen molar-refractivity contribution in [2.75, 3.05) is 0 Å². The first-order valence-corrected chi connectivity index (χ1v) is 8.38. The number of alkyl carbamates (subject to hydrolysis) is 1. The molecule has 0 bridgehead atoms. The zero-order valence-corrected chi connectivity index (χ0v) is 13.5. The molecule has 0 aromatic heterocycles. The van der Waals surface area contributed by atoms with Crippen LogP contribution in [0, 0.1) is 5.92 Å². The largest absolute Gasteiger partial charge is 0.445 e. The molecule has 22 heavy (non-hydrogen) atoms. The van der Waals surface area contributed by atoms with Crippen molar-refractivity contribution in [3.05, 3.63) is 35.9 Å². The summed E-state index contributed by atoms with van der Waals surface area (Å²) in [6, 6.07) is 9.60. The summed E-state index contributed by atoms with van der Waals surface area (Å²) < 4.78 is 5.23. The molecule has 4 nitrogen and oxygen atoms in total. The topological polar surface area (TPSA) is 64.3 Å². The minimum absolute atomic E-state index is 0.00706.